The number of halogens is 1. The molecule has 0 aromatic rings. The summed E-state index contributed by atoms with van der Waals surface area (Å²) in [4.78, 5) is 2.19. The average Bonchev–Trinajstić information content (AvgIpc) is 2.01. The van der Waals surface area contributed by atoms with Crippen LogP contribution in [0.3, 0.4) is 0 Å². The smallest absolute Gasteiger partial charge is 0.0763 e. The molecule has 0 aliphatic heterocycles. The third-order valence-electron chi connectivity index (χ3n) is 2.60. The summed E-state index contributed by atoms with van der Waals surface area (Å²) in [5.41, 5.74) is 0. The lowest BCUT2D eigenvalue weighted by molar-refractivity contribution is 0.0554. The Morgan fingerprint density at radius 1 is 1.46 bits per heavy atom. The molecule has 4 heteroatoms. The highest BCUT2D eigenvalue weighted by atomic mass is 79.9. The Balaban J connectivity index is 2.28. The normalized spacial score (nSPS) is 20.3. The largest absolute Gasteiger partial charge is 0.395 e. The van der Waals surface area contributed by atoms with Crippen LogP contribution in [0, 0.1) is 0 Å². The summed E-state index contributed by atoms with van der Waals surface area (Å²) in [6.45, 7) is 1.55. The molecule has 1 saturated carbocycles. The third kappa shape index (κ3) is 3.54. The van der Waals surface area contributed by atoms with Crippen LogP contribution in [0.4, 0.5) is 0 Å². The molecule has 0 radical (unpaired) electrons. The van der Waals surface area contributed by atoms with E-state index in [4.69, 9.17) is 5.11 Å². The number of aliphatic hydroxyl groups is 2. The summed E-state index contributed by atoms with van der Waals surface area (Å²) in [5.74, 6) is 0. The topological polar surface area (TPSA) is 43.7 Å². The van der Waals surface area contributed by atoms with Gasteiger partial charge in [0.05, 0.1) is 12.7 Å². The summed E-state index contributed by atoms with van der Waals surface area (Å²) in [6, 6.07) is 0.598. The van der Waals surface area contributed by atoms with E-state index in [0.717, 1.165) is 0 Å². The molecule has 0 amide bonds. The second kappa shape index (κ2) is 5.96. The van der Waals surface area contributed by atoms with Gasteiger partial charge in [0.1, 0.15) is 0 Å². The molecule has 0 aromatic carbocycles. The van der Waals surface area contributed by atoms with Crippen LogP contribution in [-0.2, 0) is 0 Å². The second-order valence-electron chi connectivity index (χ2n) is 3.61. The first-order valence-corrected chi connectivity index (χ1v) is 5.99. The lowest BCUT2D eigenvalue weighted by Gasteiger charge is -2.38. The van der Waals surface area contributed by atoms with Gasteiger partial charge in [0.2, 0.25) is 0 Å². The molecule has 1 aliphatic carbocycles. The fourth-order valence-corrected chi connectivity index (χ4v) is 1.83. The van der Waals surface area contributed by atoms with Gasteiger partial charge in [-0.05, 0) is 12.8 Å². The predicted octanol–water partition coefficient (Wildman–Crippen LogP) is 0.589. The van der Waals surface area contributed by atoms with E-state index in [0.29, 0.717) is 24.5 Å². The lowest BCUT2D eigenvalue weighted by atomic mass is 9.91. The summed E-state index contributed by atoms with van der Waals surface area (Å²) in [7, 11) is 0. The Morgan fingerprint density at radius 3 is 2.54 bits per heavy atom. The van der Waals surface area contributed by atoms with Crippen LogP contribution in [0.2, 0.25) is 0 Å². The fourth-order valence-electron chi connectivity index (χ4n) is 1.62. The molecule has 78 valence electrons. The molecule has 0 aromatic heterocycles. The summed E-state index contributed by atoms with van der Waals surface area (Å²) in [5, 5.41) is 18.9. The van der Waals surface area contributed by atoms with Crippen LogP contribution in [0.5, 0.6) is 0 Å². The van der Waals surface area contributed by atoms with Crippen molar-refractivity contribution in [3.8, 4) is 0 Å². The quantitative estimate of drug-likeness (QED) is 0.680. The van der Waals surface area contributed by atoms with Crippen molar-refractivity contribution in [2.75, 3.05) is 25.0 Å². The molecule has 1 unspecified atom stereocenters. The van der Waals surface area contributed by atoms with Gasteiger partial charge in [0.15, 0.2) is 0 Å². The summed E-state index contributed by atoms with van der Waals surface area (Å²) in [6.07, 6.45) is 3.41. The van der Waals surface area contributed by atoms with Gasteiger partial charge in [0.25, 0.3) is 0 Å². The first-order chi connectivity index (χ1) is 6.27. The molecular formula is C9H18BrNO2. The third-order valence-corrected chi connectivity index (χ3v) is 3.35. The first-order valence-electron chi connectivity index (χ1n) is 4.87. The number of aliphatic hydroxyl groups excluding tert-OH is 2. The zero-order chi connectivity index (χ0) is 9.68. The van der Waals surface area contributed by atoms with Gasteiger partial charge < -0.3 is 10.2 Å². The van der Waals surface area contributed by atoms with E-state index in [9.17, 15) is 5.11 Å². The molecule has 1 atom stereocenters. The number of hydrogen-bond donors (Lipinski definition) is 2. The molecule has 2 N–H and O–H groups in total. The van der Waals surface area contributed by atoms with E-state index in [1.165, 1.54) is 19.3 Å². The van der Waals surface area contributed by atoms with E-state index >= 15 is 0 Å². The zero-order valence-corrected chi connectivity index (χ0v) is 9.41. The number of hydrogen-bond acceptors (Lipinski definition) is 3. The Hall–Kier alpha value is 0.360. The van der Waals surface area contributed by atoms with Gasteiger partial charge in [0, 0.05) is 24.5 Å². The Bertz CT molecular complexity index is 142. The molecular weight excluding hydrogens is 234 g/mol. The molecule has 1 fully saturated rings. The van der Waals surface area contributed by atoms with Gasteiger partial charge in [-0.2, -0.15) is 0 Å². The predicted molar refractivity (Wildman–Crippen MR) is 56.1 cm³/mol. The van der Waals surface area contributed by atoms with Gasteiger partial charge in [-0.1, -0.05) is 22.4 Å². The summed E-state index contributed by atoms with van der Waals surface area (Å²) < 4.78 is 0. The maximum absolute atomic E-state index is 9.45. The van der Waals surface area contributed by atoms with Crippen molar-refractivity contribution in [2.24, 2.45) is 0 Å². The van der Waals surface area contributed by atoms with Gasteiger partial charge in [-0.25, -0.2) is 0 Å². The Morgan fingerprint density at radius 2 is 2.15 bits per heavy atom. The van der Waals surface area contributed by atoms with Crippen molar-refractivity contribution in [1.29, 1.82) is 0 Å². The van der Waals surface area contributed by atoms with Gasteiger partial charge in [-0.15, -0.1) is 0 Å². The van der Waals surface area contributed by atoms with Crippen molar-refractivity contribution in [1.82, 2.24) is 4.90 Å². The standard InChI is InChI=1S/C9H18BrNO2/c10-6-9(13)7-11(4-5-12)8-2-1-3-8/h8-9,12-13H,1-7H2. The highest BCUT2D eigenvalue weighted by Crippen LogP contribution is 2.24. The molecule has 1 rings (SSSR count). The zero-order valence-electron chi connectivity index (χ0n) is 7.82. The molecule has 1 aliphatic rings. The first kappa shape index (κ1) is 11.4. The Kier molecular flexibility index (Phi) is 5.24. The SMILES string of the molecule is OCCN(CC(O)CBr)C1CCC1. The molecule has 0 saturated heterocycles. The number of alkyl halides is 1. The fraction of sp³-hybridized carbons (Fsp3) is 1.00. The van der Waals surface area contributed by atoms with E-state index in [1.807, 2.05) is 0 Å². The van der Waals surface area contributed by atoms with E-state index in [1.54, 1.807) is 0 Å². The average molecular weight is 252 g/mol. The van der Waals surface area contributed by atoms with Crippen molar-refractivity contribution in [3.05, 3.63) is 0 Å². The van der Waals surface area contributed by atoms with Crippen LogP contribution in [0.25, 0.3) is 0 Å². The molecule has 0 heterocycles. The minimum Gasteiger partial charge on any atom is -0.395 e. The van der Waals surface area contributed by atoms with Crippen molar-refractivity contribution >= 4 is 15.9 Å². The van der Waals surface area contributed by atoms with Gasteiger partial charge >= 0.3 is 0 Å². The van der Waals surface area contributed by atoms with E-state index < -0.39 is 0 Å². The van der Waals surface area contributed by atoms with Crippen molar-refractivity contribution < 1.29 is 10.2 Å². The van der Waals surface area contributed by atoms with Crippen LogP contribution in [-0.4, -0.2) is 52.3 Å². The van der Waals surface area contributed by atoms with E-state index in [2.05, 4.69) is 20.8 Å². The minimum atomic E-state index is -0.313. The highest BCUT2D eigenvalue weighted by Gasteiger charge is 2.25. The monoisotopic (exact) mass is 251 g/mol. The maximum atomic E-state index is 9.45. The molecule has 13 heavy (non-hydrogen) atoms. The molecule has 0 bridgehead atoms. The van der Waals surface area contributed by atoms with Crippen LogP contribution < -0.4 is 0 Å². The van der Waals surface area contributed by atoms with E-state index in [-0.39, 0.29) is 12.7 Å². The minimum absolute atomic E-state index is 0.186. The van der Waals surface area contributed by atoms with Crippen molar-refractivity contribution in [2.45, 2.75) is 31.4 Å². The van der Waals surface area contributed by atoms with Crippen molar-refractivity contribution in [3.63, 3.8) is 0 Å². The van der Waals surface area contributed by atoms with Gasteiger partial charge in [-0.3, -0.25) is 4.90 Å². The maximum Gasteiger partial charge on any atom is 0.0763 e. The Labute approximate surface area is 87.9 Å². The number of rotatable bonds is 6. The second-order valence-corrected chi connectivity index (χ2v) is 4.26. The van der Waals surface area contributed by atoms with Crippen LogP contribution in [0.15, 0.2) is 0 Å². The van der Waals surface area contributed by atoms with Crippen LogP contribution >= 0.6 is 15.9 Å². The summed E-state index contributed by atoms with van der Waals surface area (Å²) >= 11 is 3.24. The van der Waals surface area contributed by atoms with Crippen LogP contribution in [0.1, 0.15) is 19.3 Å². The number of nitrogens with zero attached hydrogens (tertiary/aromatic N) is 1. The molecule has 3 nitrogen and oxygen atoms in total. The molecule has 0 spiro atoms. The highest BCUT2D eigenvalue weighted by molar-refractivity contribution is 9.09. The lowest BCUT2D eigenvalue weighted by Crippen LogP contribution is -2.45.